The van der Waals surface area contributed by atoms with E-state index in [0.29, 0.717) is 0 Å². The summed E-state index contributed by atoms with van der Waals surface area (Å²) >= 11 is 0. The Bertz CT molecular complexity index is 724. The average molecular weight is 333 g/mol. The summed E-state index contributed by atoms with van der Waals surface area (Å²) in [6, 6.07) is 7.52. The minimum Gasteiger partial charge on any atom is -0.203 e. The van der Waals surface area contributed by atoms with Crippen LogP contribution in [-0.4, -0.2) is 7.28 Å². The normalized spacial score (nSPS) is 13.5. The molecule has 24 heavy (non-hydrogen) atoms. The van der Waals surface area contributed by atoms with Crippen LogP contribution in [0.2, 0.25) is 0 Å². The van der Waals surface area contributed by atoms with Crippen molar-refractivity contribution in [2.24, 2.45) is 0 Å². The molecule has 2 unspecified atom stereocenters. The van der Waals surface area contributed by atoms with Crippen LogP contribution < -0.4 is 0 Å². The smallest absolute Gasteiger partial charge is 0.165 e. The van der Waals surface area contributed by atoms with Gasteiger partial charge in [0, 0.05) is 11.1 Å². The van der Waals surface area contributed by atoms with Crippen molar-refractivity contribution in [2.45, 2.75) is 32.4 Å². The van der Waals surface area contributed by atoms with Crippen molar-refractivity contribution in [1.82, 2.24) is 0 Å². The van der Waals surface area contributed by atoms with Crippen molar-refractivity contribution in [3.05, 3.63) is 76.4 Å². The van der Waals surface area contributed by atoms with Gasteiger partial charge in [-0.25, -0.2) is 17.6 Å². The molecule has 0 spiro atoms. The minimum atomic E-state index is -1.34. The van der Waals surface area contributed by atoms with Crippen molar-refractivity contribution in [3.8, 4) is 0 Å². The molecule has 0 saturated heterocycles. The van der Waals surface area contributed by atoms with Crippen molar-refractivity contribution < 1.29 is 17.6 Å². The molecule has 0 amide bonds. The first kappa shape index (κ1) is 18.3. The van der Waals surface area contributed by atoms with Crippen molar-refractivity contribution >= 4 is 13.4 Å². The number of rotatable bonds is 5. The molecule has 0 nitrogen and oxygen atoms in total. The molecule has 0 saturated carbocycles. The molecule has 0 bridgehead atoms. The third-order valence-electron chi connectivity index (χ3n) is 4.25. The summed E-state index contributed by atoms with van der Waals surface area (Å²) in [5.41, 5.74) is 0.666. The first-order valence-electron chi connectivity index (χ1n) is 7.67. The fraction of sp³-hybridized carbons (Fsp3) is 0.263. The van der Waals surface area contributed by atoms with Crippen molar-refractivity contribution in [3.63, 3.8) is 0 Å². The average Bonchev–Trinajstić information content (AvgIpc) is 2.58. The van der Waals surface area contributed by atoms with E-state index in [4.69, 9.17) is 0 Å². The Labute approximate surface area is 140 Å². The highest BCUT2D eigenvalue weighted by Crippen LogP contribution is 2.31. The summed E-state index contributed by atoms with van der Waals surface area (Å²) in [7, 11) is 1.67. The molecule has 0 aliphatic rings. The molecule has 0 fully saturated rings. The van der Waals surface area contributed by atoms with E-state index in [2.05, 4.69) is 6.58 Å². The quantitative estimate of drug-likeness (QED) is 0.373. The molecule has 125 valence electrons. The lowest BCUT2D eigenvalue weighted by molar-refractivity contribution is 0.430. The van der Waals surface area contributed by atoms with Crippen LogP contribution in [0, 0.1) is 30.2 Å². The predicted molar refractivity (Wildman–Crippen MR) is 90.1 cm³/mol. The Balaban J connectivity index is 2.29. The largest absolute Gasteiger partial charge is 0.203 e. The Hall–Kier alpha value is -2.04. The van der Waals surface area contributed by atoms with Gasteiger partial charge in [0.25, 0.3) is 0 Å². The lowest BCUT2D eigenvalue weighted by atomic mass is 9.52. The highest BCUT2D eigenvalue weighted by Gasteiger charge is 2.27. The standard InChI is InChI=1S/C19H18BF4/c1-5-13-6-8-14(9-7-13)11(3)20-12(4)15-18(23)16(21)10(2)17(22)19(15)24/h5-9,11-12H,1H2,2-4H3. The van der Waals surface area contributed by atoms with Gasteiger partial charge in [0.1, 0.15) is 7.28 Å². The van der Waals surface area contributed by atoms with E-state index < -0.39 is 40.2 Å². The third-order valence-corrected chi connectivity index (χ3v) is 4.25. The molecule has 2 aromatic carbocycles. The van der Waals surface area contributed by atoms with E-state index in [0.717, 1.165) is 18.1 Å². The van der Waals surface area contributed by atoms with Gasteiger partial charge in [0.2, 0.25) is 0 Å². The molecule has 2 aromatic rings. The second-order valence-corrected chi connectivity index (χ2v) is 5.94. The van der Waals surface area contributed by atoms with Crippen LogP contribution in [-0.2, 0) is 0 Å². The maximum absolute atomic E-state index is 14.1. The lowest BCUT2D eigenvalue weighted by Crippen LogP contribution is -2.17. The van der Waals surface area contributed by atoms with Gasteiger partial charge in [-0.05, 0) is 24.1 Å². The summed E-state index contributed by atoms with van der Waals surface area (Å²) in [5, 5.41) is 0. The number of halogens is 4. The van der Waals surface area contributed by atoms with Crippen LogP contribution in [0.4, 0.5) is 17.6 Å². The zero-order valence-electron chi connectivity index (χ0n) is 13.8. The van der Waals surface area contributed by atoms with E-state index in [-0.39, 0.29) is 5.82 Å². The van der Waals surface area contributed by atoms with Crippen molar-refractivity contribution in [2.75, 3.05) is 0 Å². The first-order chi connectivity index (χ1) is 11.3. The van der Waals surface area contributed by atoms with Gasteiger partial charge in [-0.3, -0.25) is 0 Å². The first-order valence-corrected chi connectivity index (χ1v) is 7.67. The molecular formula is C19H18BF4. The molecular weight excluding hydrogens is 315 g/mol. The fourth-order valence-electron chi connectivity index (χ4n) is 2.73. The van der Waals surface area contributed by atoms with E-state index in [1.807, 2.05) is 31.2 Å². The zero-order valence-corrected chi connectivity index (χ0v) is 13.8. The van der Waals surface area contributed by atoms with Crippen molar-refractivity contribution in [1.29, 1.82) is 0 Å². The number of hydrogen-bond acceptors (Lipinski definition) is 0. The van der Waals surface area contributed by atoms with E-state index in [1.165, 1.54) is 6.92 Å². The maximum atomic E-state index is 14.1. The molecule has 2 rings (SSSR count). The summed E-state index contributed by atoms with van der Waals surface area (Å²) < 4.78 is 55.6. The van der Waals surface area contributed by atoms with Gasteiger partial charge in [-0.2, -0.15) is 0 Å². The monoisotopic (exact) mass is 333 g/mol. The summed E-state index contributed by atoms with van der Waals surface area (Å²) in [6.45, 7) is 8.06. The van der Waals surface area contributed by atoms with Crippen LogP contribution in [0.3, 0.4) is 0 Å². The molecule has 0 aliphatic heterocycles. The highest BCUT2D eigenvalue weighted by atomic mass is 19.2. The van der Waals surface area contributed by atoms with Gasteiger partial charge in [0.05, 0.1) is 0 Å². The summed E-state index contributed by atoms with van der Waals surface area (Å²) in [6.07, 6.45) is 1.71. The Morgan fingerprint density at radius 1 is 0.875 bits per heavy atom. The predicted octanol–water partition coefficient (Wildman–Crippen LogP) is 5.72. The molecule has 1 radical (unpaired) electrons. The van der Waals surface area contributed by atoms with Gasteiger partial charge in [0.15, 0.2) is 23.3 Å². The second-order valence-electron chi connectivity index (χ2n) is 5.94. The summed E-state index contributed by atoms with van der Waals surface area (Å²) in [5.74, 6) is -6.28. The van der Waals surface area contributed by atoms with Crippen LogP contribution in [0.25, 0.3) is 6.08 Å². The molecule has 0 N–H and O–H groups in total. The molecule has 0 aliphatic carbocycles. The van der Waals surface area contributed by atoms with E-state index >= 15 is 0 Å². The van der Waals surface area contributed by atoms with Gasteiger partial charge in [-0.15, -0.1) is 0 Å². The third kappa shape index (κ3) is 3.40. The van der Waals surface area contributed by atoms with Gasteiger partial charge >= 0.3 is 0 Å². The minimum absolute atomic E-state index is 0.148. The molecule has 5 heteroatoms. The van der Waals surface area contributed by atoms with Crippen LogP contribution in [0.1, 0.15) is 47.7 Å². The van der Waals surface area contributed by atoms with E-state index in [9.17, 15) is 17.6 Å². The zero-order chi connectivity index (χ0) is 18.0. The topological polar surface area (TPSA) is 0 Å². The molecule has 0 heterocycles. The van der Waals surface area contributed by atoms with Crippen LogP contribution in [0.5, 0.6) is 0 Å². The van der Waals surface area contributed by atoms with Crippen LogP contribution >= 0.6 is 0 Å². The van der Waals surface area contributed by atoms with Gasteiger partial charge < -0.3 is 0 Å². The highest BCUT2D eigenvalue weighted by molar-refractivity contribution is 6.39. The van der Waals surface area contributed by atoms with E-state index in [1.54, 1.807) is 13.4 Å². The Morgan fingerprint density at radius 3 is 1.83 bits per heavy atom. The maximum Gasteiger partial charge on any atom is 0.165 e. The van der Waals surface area contributed by atoms with Gasteiger partial charge in [-0.1, -0.05) is 56.3 Å². The number of hydrogen-bond donors (Lipinski definition) is 0. The number of benzene rings is 2. The molecule has 2 atom stereocenters. The molecule has 0 aromatic heterocycles. The fourth-order valence-corrected chi connectivity index (χ4v) is 2.73. The van der Waals surface area contributed by atoms with Crippen LogP contribution in [0.15, 0.2) is 30.8 Å². The lowest BCUT2D eigenvalue weighted by Gasteiger charge is -2.19. The SMILES string of the molecule is C=Cc1ccc(C(C)[B]C(C)c2c(F)c(F)c(C)c(F)c2F)cc1. The Morgan fingerprint density at radius 2 is 1.38 bits per heavy atom. The Kier molecular flexibility index (Phi) is 5.53. The second kappa shape index (κ2) is 7.24. The summed E-state index contributed by atoms with van der Waals surface area (Å²) in [4.78, 5) is 0.